The number of hydrogen-bond donors (Lipinski definition) is 3. The molecule has 0 aliphatic carbocycles. The van der Waals surface area contributed by atoms with Gasteiger partial charge < -0.3 is 10.6 Å². The largest absolute Gasteiger partial charge is 0.352 e. The highest BCUT2D eigenvalue weighted by Crippen LogP contribution is 2.11. The van der Waals surface area contributed by atoms with E-state index >= 15 is 0 Å². The van der Waals surface area contributed by atoms with Crippen LogP contribution < -0.4 is 15.4 Å². The van der Waals surface area contributed by atoms with Gasteiger partial charge in [0.15, 0.2) is 0 Å². The molecule has 0 fully saturated rings. The number of carbonyl (C=O) groups excluding carboxylic acids is 1. The van der Waals surface area contributed by atoms with Gasteiger partial charge in [0.2, 0.25) is 10.0 Å². The van der Waals surface area contributed by atoms with Crippen LogP contribution in [0, 0.1) is 0 Å². The molecule has 6 nitrogen and oxygen atoms in total. The summed E-state index contributed by atoms with van der Waals surface area (Å²) in [5.74, 6) is -0.202. The van der Waals surface area contributed by atoms with Crippen LogP contribution in [0.1, 0.15) is 30.6 Å². The number of amides is 1. The Labute approximate surface area is 126 Å². The summed E-state index contributed by atoms with van der Waals surface area (Å²) in [7, 11) is -1.66. The van der Waals surface area contributed by atoms with Gasteiger partial charge in [-0.25, -0.2) is 13.1 Å². The molecule has 0 radical (unpaired) electrons. The number of nitrogens with one attached hydrogen (secondary N) is 3. The molecule has 1 amide bonds. The van der Waals surface area contributed by atoms with Crippen LogP contribution in [0.5, 0.6) is 0 Å². The van der Waals surface area contributed by atoms with Crippen molar-refractivity contribution in [3.63, 3.8) is 0 Å². The molecule has 0 aliphatic rings. The van der Waals surface area contributed by atoms with E-state index in [9.17, 15) is 13.2 Å². The molecule has 0 aliphatic heterocycles. The van der Waals surface area contributed by atoms with Crippen LogP contribution in [-0.4, -0.2) is 40.5 Å². The van der Waals surface area contributed by atoms with Crippen molar-refractivity contribution in [3.05, 3.63) is 29.8 Å². The maximum atomic E-state index is 11.9. The fourth-order valence-electron chi connectivity index (χ4n) is 1.73. The van der Waals surface area contributed by atoms with E-state index in [-0.39, 0.29) is 16.8 Å². The third-order valence-electron chi connectivity index (χ3n) is 2.71. The summed E-state index contributed by atoms with van der Waals surface area (Å²) in [4.78, 5) is 12.0. The molecule has 7 heteroatoms. The summed E-state index contributed by atoms with van der Waals surface area (Å²) in [6, 6.07) is 5.73. The van der Waals surface area contributed by atoms with Crippen molar-refractivity contribution in [1.29, 1.82) is 0 Å². The van der Waals surface area contributed by atoms with Crippen molar-refractivity contribution in [2.24, 2.45) is 0 Å². The number of benzene rings is 1. The highest BCUT2D eigenvalue weighted by atomic mass is 32.2. The molecule has 0 heterocycles. The summed E-state index contributed by atoms with van der Waals surface area (Å²) in [6.45, 7) is 4.92. The first-order valence-corrected chi connectivity index (χ1v) is 8.40. The summed E-state index contributed by atoms with van der Waals surface area (Å²) in [5, 5.41) is 5.78. The Morgan fingerprint density at radius 3 is 2.29 bits per heavy atom. The molecule has 0 saturated heterocycles. The van der Waals surface area contributed by atoms with Crippen LogP contribution in [0.2, 0.25) is 0 Å². The zero-order chi connectivity index (χ0) is 15.9. The third kappa shape index (κ3) is 5.82. The molecular weight excluding hydrogens is 290 g/mol. The van der Waals surface area contributed by atoms with Crippen LogP contribution in [-0.2, 0) is 10.0 Å². The van der Waals surface area contributed by atoms with Gasteiger partial charge in [-0.2, -0.15) is 0 Å². The lowest BCUT2D eigenvalue weighted by atomic mass is 10.2. The minimum atomic E-state index is -3.52. The minimum Gasteiger partial charge on any atom is -0.352 e. The van der Waals surface area contributed by atoms with Gasteiger partial charge in [-0.05, 0) is 58.1 Å². The second-order valence-electron chi connectivity index (χ2n) is 5.01. The molecule has 1 aromatic rings. The standard InChI is InChI=1S/C14H23N3O3S/c1-11(2)17-21(19,20)13-7-5-12(6-8-13)14(18)16-10-4-9-15-3/h5-8,11,15,17H,4,9-10H2,1-3H3,(H,16,18). The molecule has 1 aromatic carbocycles. The molecule has 0 unspecified atom stereocenters. The van der Waals surface area contributed by atoms with E-state index in [2.05, 4.69) is 15.4 Å². The van der Waals surface area contributed by atoms with Gasteiger partial charge in [-0.15, -0.1) is 0 Å². The molecule has 0 saturated carbocycles. The lowest BCUT2D eigenvalue weighted by molar-refractivity contribution is 0.0953. The smallest absolute Gasteiger partial charge is 0.251 e. The fraction of sp³-hybridized carbons (Fsp3) is 0.500. The van der Waals surface area contributed by atoms with Crippen LogP contribution in [0.15, 0.2) is 29.2 Å². The Balaban J connectivity index is 2.67. The minimum absolute atomic E-state index is 0.155. The molecule has 21 heavy (non-hydrogen) atoms. The number of sulfonamides is 1. The van der Waals surface area contributed by atoms with Crippen molar-refractivity contribution in [3.8, 4) is 0 Å². The molecular formula is C14H23N3O3S. The van der Waals surface area contributed by atoms with E-state index in [0.717, 1.165) is 13.0 Å². The maximum Gasteiger partial charge on any atom is 0.251 e. The number of carbonyl (C=O) groups is 1. The molecule has 0 bridgehead atoms. The topological polar surface area (TPSA) is 87.3 Å². The Morgan fingerprint density at radius 1 is 1.14 bits per heavy atom. The molecule has 118 valence electrons. The zero-order valence-corrected chi connectivity index (χ0v) is 13.5. The third-order valence-corrected chi connectivity index (χ3v) is 4.38. The zero-order valence-electron chi connectivity index (χ0n) is 12.6. The van der Waals surface area contributed by atoms with E-state index in [1.54, 1.807) is 13.8 Å². The second kappa shape index (κ2) is 8.11. The molecule has 3 N–H and O–H groups in total. The Morgan fingerprint density at radius 2 is 1.76 bits per heavy atom. The van der Waals surface area contributed by atoms with E-state index in [1.807, 2.05) is 7.05 Å². The van der Waals surface area contributed by atoms with Crippen molar-refractivity contribution in [1.82, 2.24) is 15.4 Å². The van der Waals surface area contributed by atoms with Crippen molar-refractivity contribution in [2.45, 2.75) is 31.2 Å². The van der Waals surface area contributed by atoms with Crippen LogP contribution >= 0.6 is 0 Å². The fourth-order valence-corrected chi connectivity index (χ4v) is 2.98. The van der Waals surface area contributed by atoms with Gasteiger partial charge in [-0.3, -0.25) is 4.79 Å². The van der Waals surface area contributed by atoms with Crippen molar-refractivity contribution >= 4 is 15.9 Å². The quantitative estimate of drug-likeness (QED) is 0.617. The Kier molecular flexibility index (Phi) is 6.80. The van der Waals surface area contributed by atoms with Crippen LogP contribution in [0.25, 0.3) is 0 Å². The first-order valence-electron chi connectivity index (χ1n) is 6.92. The molecule has 0 aromatic heterocycles. The predicted octanol–water partition coefficient (Wildman–Crippen LogP) is 0.713. The highest BCUT2D eigenvalue weighted by Gasteiger charge is 2.15. The maximum absolute atomic E-state index is 11.9. The summed E-state index contributed by atoms with van der Waals surface area (Å²) < 4.78 is 26.4. The van der Waals surface area contributed by atoms with Gasteiger partial charge >= 0.3 is 0 Å². The molecule has 0 spiro atoms. The summed E-state index contributed by atoms with van der Waals surface area (Å²) >= 11 is 0. The first kappa shape index (κ1) is 17.6. The summed E-state index contributed by atoms with van der Waals surface area (Å²) in [5.41, 5.74) is 0.447. The van der Waals surface area contributed by atoms with Gasteiger partial charge in [0.1, 0.15) is 0 Å². The average Bonchev–Trinajstić information content (AvgIpc) is 2.42. The number of rotatable bonds is 8. The highest BCUT2D eigenvalue weighted by molar-refractivity contribution is 7.89. The molecule has 0 atom stereocenters. The monoisotopic (exact) mass is 313 g/mol. The van der Waals surface area contributed by atoms with E-state index in [1.165, 1.54) is 24.3 Å². The predicted molar refractivity (Wildman–Crippen MR) is 82.8 cm³/mol. The van der Waals surface area contributed by atoms with E-state index in [4.69, 9.17) is 0 Å². The SMILES string of the molecule is CNCCCNC(=O)c1ccc(S(=O)(=O)NC(C)C)cc1. The van der Waals surface area contributed by atoms with Gasteiger partial charge in [0.25, 0.3) is 5.91 Å². The normalized spacial score (nSPS) is 11.6. The Hall–Kier alpha value is -1.44. The van der Waals surface area contributed by atoms with E-state index in [0.29, 0.717) is 12.1 Å². The molecule has 1 rings (SSSR count). The lowest BCUT2D eigenvalue weighted by Gasteiger charge is -2.10. The second-order valence-corrected chi connectivity index (χ2v) is 6.73. The average molecular weight is 313 g/mol. The van der Waals surface area contributed by atoms with Crippen molar-refractivity contribution in [2.75, 3.05) is 20.1 Å². The van der Waals surface area contributed by atoms with Gasteiger partial charge in [0, 0.05) is 18.2 Å². The first-order chi connectivity index (χ1) is 9.86. The van der Waals surface area contributed by atoms with Crippen molar-refractivity contribution < 1.29 is 13.2 Å². The van der Waals surface area contributed by atoms with Crippen LogP contribution in [0.4, 0.5) is 0 Å². The number of hydrogen-bond acceptors (Lipinski definition) is 4. The van der Waals surface area contributed by atoms with Gasteiger partial charge in [-0.1, -0.05) is 0 Å². The van der Waals surface area contributed by atoms with Crippen LogP contribution in [0.3, 0.4) is 0 Å². The van der Waals surface area contributed by atoms with Gasteiger partial charge in [0.05, 0.1) is 4.90 Å². The van der Waals surface area contributed by atoms with E-state index < -0.39 is 10.0 Å². The summed E-state index contributed by atoms with van der Waals surface area (Å²) in [6.07, 6.45) is 0.840. The lowest BCUT2D eigenvalue weighted by Crippen LogP contribution is -2.30. The Bertz CT molecular complexity index is 553.